The summed E-state index contributed by atoms with van der Waals surface area (Å²) >= 11 is 1.46. The fraction of sp³-hybridized carbons (Fsp3) is 0.263. The molecule has 4 aromatic rings. The molecule has 0 radical (unpaired) electrons. The number of carbonyl (C=O) groups excluding carboxylic acids is 1. The van der Waals surface area contributed by atoms with Crippen LogP contribution in [0.15, 0.2) is 36.1 Å². The molecule has 0 aliphatic rings. The Kier molecular flexibility index (Phi) is 4.72. The molecule has 0 aliphatic carbocycles. The number of fused-ring (bicyclic) bond motifs is 2. The molecule has 3 aromatic heterocycles. The Labute approximate surface area is 160 Å². The highest BCUT2D eigenvalue weighted by molar-refractivity contribution is 7.17. The van der Waals surface area contributed by atoms with E-state index in [-0.39, 0.29) is 5.91 Å². The highest BCUT2D eigenvalue weighted by Crippen LogP contribution is 2.27. The van der Waals surface area contributed by atoms with Crippen LogP contribution in [0.2, 0.25) is 0 Å². The lowest BCUT2D eigenvalue weighted by atomic mass is 10.2. The molecule has 138 valence electrons. The van der Waals surface area contributed by atoms with Gasteiger partial charge in [-0.25, -0.2) is 15.0 Å². The summed E-state index contributed by atoms with van der Waals surface area (Å²) in [7, 11) is 1.93. The number of aryl methyl sites for hydroxylation is 1. The second-order valence-corrected chi connectivity index (χ2v) is 7.23. The molecule has 0 spiro atoms. The van der Waals surface area contributed by atoms with Gasteiger partial charge in [0.1, 0.15) is 5.52 Å². The van der Waals surface area contributed by atoms with Crippen molar-refractivity contribution >= 4 is 50.1 Å². The zero-order chi connectivity index (χ0) is 18.8. The van der Waals surface area contributed by atoms with Crippen LogP contribution in [0.5, 0.6) is 0 Å². The predicted molar refractivity (Wildman–Crippen MR) is 109 cm³/mol. The molecular formula is C19H20N6OS. The Morgan fingerprint density at radius 1 is 1.26 bits per heavy atom. The van der Waals surface area contributed by atoms with Crippen LogP contribution in [-0.2, 0) is 7.05 Å². The van der Waals surface area contributed by atoms with Gasteiger partial charge >= 0.3 is 0 Å². The first-order valence-corrected chi connectivity index (χ1v) is 9.75. The molecule has 2 N–H and O–H groups in total. The first-order chi connectivity index (χ1) is 13.2. The summed E-state index contributed by atoms with van der Waals surface area (Å²) in [4.78, 5) is 26.1. The zero-order valence-electron chi connectivity index (χ0n) is 15.2. The molecule has 0 saturated carbocycles. The van der Waals surface area contributed by atoms with Crippen molar-refractivity contribution in [1.82, 2.24) is 19.5 Å². The molecule has 0 aliphatic heterocycles. The number of hydrogen-bond acceptors (Lipinski definition) is 6. The van der Waals surface area contributed by atoms with Crippen molar-refractivity contribution in [3.8, 4) is 0 Å². The van der Waals surface area contributed by atoms with E-state index in [2.05, 4.69) is 32.5 Å². The fourth-order valence-electron chi connectivity index (χ4n) is 2.90. The third kappa shape index (κ3) is 3.35. The quantitative estimate of drug-likeness (QED) is 0.493. The average Bonchev–Trinajstić information content (AvgIpc) is 3.26. The van der Waals surface area contributed by atoms with Crippen molar-refractivity contribution < 1.29 is 4.79 Å². The minimum Gasteiger partial charge on any atom is -0.354 e. The monoisotopic (exact) mass is 380 g/mol. The van der Waals surface area contributed by atoms with Gasteiger partial charge in [-0.05, 0) is 18.6 Å². The number of nitrogens with one attached hydrogen (secondary N) is 2. The number of para-hydroxylation sites is 1. The summed E-state index contributed by atoms with van der Waals surface area (Å²) in [5.74, 6) is 0.354. The molecule has 3 heterocycles. The Morgan fingerprint density at radius 3 is 3.00 bits per heavy atom. The van der Waals surface area contributed by atoms with Crippen LogP contribution in [0, 0.1) is 0 Å². The van der Waals surface area contributed by atoms with E-state index >= 15 is 0 Å². The number of anilines is 2. The summed E-state index contributed by atoms with van der Waals surface area (Å²) in [5, 5.41) is 8.01. The van der Waals surface area contributed by atoms with Gasteiger partial charge in [0.2, 0.25) is 5.95 Å². The highest BCUT2D eigenvalue weighted by atomic mass is 32.1. The lowest BCUT2D eigenvalue weighted by Gasteiger charge is -2.06. The molecule has 1 amide bonds. The van der Waals surface area contributed by atoms with Crippen molar-refractivity contribution in [2.75, 3.05) is 17.2 Å². The zero-order valence-corrected chi connectivity index (χ0v) is 16.0. The molecule has 1 aromatic carbocycles. The van der Waals surface area contributed by atoms with Crippen LogP contribution >= 0.6 is 11.3 Å². The molecule has 4 rings (SSSR count). The van der Waals surface area contributed by atoms with Crippen molar-refractivity contribution in [1.29, 1.82) is 0 Å². The standard InChI is InChI=1S/C19H20N6OS/c1-3-4-8-20-19-21-9-15-16(24-19)12(10-27-15)18(26)23-13-6-5-7-14-17(13)22-11-25(14)2/h5-7,9-11H,3-4,8H2,1-2H3,(H,23,26)(H,20,21,24). The number of nitrogens with zero attached hydrogens (tertiary/aromatic N) is 4. The number of aromatic nitrogens is 4. The Bertz CT molecular complexity index is 1120. The Balaban J connectivity index is 1.63. The molecular weight excluding hydrogens is 360 g/mol. The molecule has 0 unspecified atom stereocenters. The number of unbranched alkanes of at least 4 members (excludes halogenated alkanes) is 1. The van der Waals surface area contributed by atoms with Gasteiger partial charge in [0.25, 0.3) is 5.91 Å². The minimum absolute atomic E-state index is 0.197. The third-order valence-electron chi connectivity index (χ3n) is 4.38. The largest absolute Gasteiger partial charge is 0.354 e. The highest BCUT2D eigenvalue weighted by Gasteiger charge is 2.16. The molecule has 0 saturated heterocycles. The van der Waals surface area contributed by atoms with E-state index in [1.54, 1.807) is 12.5 Å². The lowest BCUT2D eigenvalue weighted by molar-refractivity contribution is 0.102. The summed E-state index contributed by atoms with van der Waals surface area (Å²) in [6, 6.07) is 5.73. The number of amides is 1. The van der Waals surface area contributed by atoms with Gasteiger partial charge in [-0.1, -0.05) is 19.4 Å². The summed E-state index contributed by atoms with van der Waals surface area (Å²) < 4.78 is 2.81. The van der Waals surface area contributed by atoms with Gasteiger partial charge in [0.05, 0.1) is 39.5 Å². The van der Waals surface area contributed by atoms with Crippen LogP contribution in [0.4, 0.5) is 11.6 Å². The second kappa shape index (κ2) is 7.32. The molecule has 7 nitrogen and oxygen atoms in total. The van der Waals surface area contributed by atoms with Crippen LogP contribution < -0.4 is 10.6 Å². The van der Waals surface area contributed by atoms with Crippen molar-refractivity contribution in [3.63, 3.8) is 0 Å². The first-order valence-electron chi connectivity index (χ1n) is 8.87. The average molecular weight is 380 g/mol. The SMILES string of the molecule is CCCCNc1ncc2scc(C(=O)Nc3cccc4c3ncn4C)c2n1. The summed E-state index contributed by atoms with van der Waals surface area (Å²) in [6.07, 6.45) is 5.65. The summed E-state index contributed by atoms with van der Waals surface area (Å²) in [5.41, 5.74) is 3.63. The van der Waals surface area contributed by atoms with Crippen LogP contribution in [0.25, 0.3) is 21.3 Å². The van der Waals surface area contributed by atoms with Gasteiger partial charge in [-0.3, -0.25) is 4.79 Å². The van der Waals surface area contributed by atoms with E-state index in [0.29, 0.717) is 22.7 Å². The maximum Gasteiger partial charge on any atom is 0.258 e. The number of hydrogen-bond donors (Lipinski definition) is 2. The maximum absolute atomic E-state index is 12.9. The first kappa shape index (κ1) is 17.4. The van der Waals surface area contributed by atoms with Crippen LogP contribution in [0.3, 0.4) is 0 Å². The topological polar surface area (TPSA) is 84.7 Å². The normalized spacial score (nSPS) is 11.2. The van der Waals surface area contributed by atoms with Gasteiger partial charge in [0, 0.05) is 19.0 Å². The van der Waals surface area contributed by atoms with E-state index in [0.717, 1.165) is 35.1 Å². The number of imidazole rings is 1. The number of thiophene rings is 1. The number of carbonyl (C=O) groups is 1. The van der Waals surface area contributed by atoms with Crippen LogP contribution in [-0.4, -0.2) is 32.0 Å². The van der Waals surface area contributed by atoms with Crippen molar-refractivity contribution in [2.24, 2.45) is 7.05 Å². The Morgan fingerprint density at radius 2 is 2.15 bits per heavy atom. The van der Waals surface area contributed by atoms with Gasteiger partial charge in [-0.2, -0.15) is 0 Å². The third-order valence-corrected chi connectivity index (χ3v) is 5.28. The van der Waals surface area contributed by atoms with Gasteiger partial charge in [-0.15, -0.1) is 11.3 Å². The van der Waals surface area contributed by atoms with Crippen molar-refractivity contribution in [2.45, 2.75) is 19.8 Å². The molecule has 0 atom stereocenters. The lowest BCUT2D eigenvalue weighted by Crippen LogP contribution is -2.12. The van der Waals surface area contributed by atoms with E-state index in [4.69, 9.17) is 0 Å². The van der Waals surface area contributed by atoms with E-state index in [9.17, 15) is 4.79 Å². The predicted octanol–water partition coefficient (Wildman–Crippen LogP) is 4.04. The minimum atomic E-state index is -0.197. The number of benzene rings is 1. The molecule has 27 heavy (non-hydrogen) atoms. The van der Waals surface area contributed by atoms with E-state index < -0.39 is 0 Å². The smallest absolute Gasteiger partial charge is 0.258 e. The van der Waals surface area contributed by atoms with E-state index in [1.807, 2.05) is 35.2 Å². The molecule has 0 bridgehead atoms. The molecule has 0 fully saturated rings. The van der Waals surface area contributed by atoms with Gasteiger partial charge < -0.3 is 15.2 Å². The number of rotatable bonds is 6. The maximum atomic E-state index is 12.9. The van der Waals surface area contributed by atoms with Crippen LogP contribution in [0.1, 0.15) is 30.1 Å². The van der Waals surface area contributed by atoms with E-state index in [1.165, 1.54) is 11.3 Å². The van der Waals surface area contributed by atoms with Gasteiger partial charge in [0.15, 0.2) is 0 Å². The summed E-state index contributed by atoms with van der Waals surface area (Å²) in [6.45, 7) is 2.95. The fourth-order valence-corrected chi connectivity index (χ4v) is 3.74. The second-order valence-electron chi connectivity index (χ2n) is 6.32. The Hall–Kier alpha value is -3.00. The molecule has 8 heteroatoms. The van der Waals surface area contributed by atoms with Crippen molar-refractivity contribution in [3.05, 3.63) is 41.7 Å².